The first-order valence-corrected chi connectivity index (χ1v) is 11.8. The fourth-order valence-corrected chi connectivity index (χ4v) is 4.91. The maximum Gasteiger partial charge on any atom is 0.329 e. The van der Waals surface area contributed by atoms with Crippen molar-refractivity contribution in [2.24, 2.45) is 7.05 Å². The van der Waals surface area contributed by atoms with E-state index in [2.05, 4.69) is 14.8 Å². The molecule has 2 aromatic heterocycles. The van der Waals surface area contributed by atoms with Gasteiger partial charge in [-0.25, -0.2) is 4.79 Å². The highest BCUT2D eigenvalue weighted by molar-refractivity contribution is 6.35. The number of rotatable bonds is 5. The third-order valence-corrected chi connectivity index (χ3v) is 6.98. The summed E-state index contributed by atoms with van der Waals surface area (Å²) in [6.45, 7) is 4.14. The van der Waals surface area contributed by atoms with Gasteiger partial charge in [-0.3, -0.25) is 23.8 Å². The average molecular weight is 499 g/mol. The first-order chi connectivity index (χ1) is 16.4. The van der Waals surface area contributed by atoms with Crippen molar-refractivity contribution in [1.82, 2.24) is 24.0 Å². The van der Waals surface area contributed by atoms with Crippen molar-refractivity contribution in [1.29, 1.82) is 0 Å². The number of imidazole rings is 1. The summed E-state index contributed by atoms with van der Waals surface area (Å²) in [4.78, 5) is 36.6. The molecule has 0 bridgehead atoms. The molecule has 0 aliphatic carbocycles. The van der Waals surface area contributed by atoms with Gasteiger partial charge in [0.1, 0.15) is 0 Å². The first kappa shape index (κ1) is 22.7. The molecule has 3 heterocycles. The van der Waals surface area contributed by atoms with E-state index in [4.69, 9.17) is 28.2 Å². The fraction of sp³-hybridized carbons (Fsp3) is 0.292. The Morgan fingerprint density at radius 1 is 0.912 bits per heavy atom. The third kappa shape index (κ3) is 4.24. The number of nitrogens with zero attached hydrogens (tertiary/aromatic N) is 5. The Kier molecular flexibility index (Phi) is 6.20. The van der Waals surface area contributed by atoms with Crippen LogP contribution in [-0.4, -0.2) is 50.2 Å². The van der Waals surface area contributed by atoms with Gasteiger partial charge in [0, 0.05) is 55.4 Å². The Labute approximate surface area is 206 Å². The standard InChI is InChI=1S/C24H24Cl2N6O2/c1-29-21-20(22(33)28-24(29)34)32(14-16-6-3-2-4-7-16)23(27-21)31-12-10-30(11-13-31)15-17-18(25)8-5-9-19(17)26/h2-9H,10-15H2,1H3,(H,28,33,34). The van der Waals surface area contributed by atoms with Crippen LogP contribution in [0.4, 0.5) is 5.95 Å². The van der Waals surface area contributed by atoms with Gasteiger partial charge in [0.25, 0.3) is 5.56 Å². The van der Waals surface area contributed by atoms with Crippen molar-refractivity contribution in [2.75, 3.05) is 31.1 Å². The van der Waals surface area contributed by atoms with Crippen LogP contribution >= 0.6 is 23.2 Å². The van der Waals surface area contributed by atoms with Crippen LogP contribution in [-0.2, 0) is 20.1 Å². The molecule has 0 radical (unpaired) electrons. The van der Waals surface area contributed by atoms with Gasteiger partial charge >= 0.3 is 5.69 Å². The van der Waals surface area contributed by atoms with Gasteiger partial charge in [-0.2, -0.15) is 4.98 Å². The zero-order valence-corrected chi connectivity index (χ0v) is 20.2. The molecule has 8 nitrogen and oxygen atoms in total. The van der Waals surface area contributed by atoms with E-state index in [9.17, 15) is 9.59 Å². The number of aryl methyl sites for hydroxylation is 1. The molecule has 0 saturated carbocycles. The maximum atomic E-state index is 12.8. The Morgan fingerprint density at radius 3 is 2.26 bits per heavy atom. The average Bonchev–Trinajstić information content (AvgIpc) is 3.21. The van der Waals surface area contributed by atoms with Crippen LogP contribution in [0.25, 0.3) is 11.2 Å². The molecule has 176 valence electrons. The molecular formula is C24H24Cl2N6O2. The van der Waals surface area contributed by atoms with Crippen LogP contribution < -0.4 is 16.1 Å². The Hall–Kier alpha value is -3.07. The van der Waals surface area contributed by atoms with Crippen molar-refractivity contribution >= 4 is 40.3 Å². The lowest BCUT2D eigenvalue weighted by atomic mass is 10.2. The van der Waals surface area contributed by atoms with Crippen LogP contribution in [0.2, 0.25) is 10.0 Å². The smallest absolute Gasteiger partial charge is 0.329 e. The number of piperazine rings is 1. The SMILES string of the molecule is Cn1c(=O)[nH]c(=O)c2c1nc(N1CCN(Cc3c(Cl)cccc3Cl)CC1)n2Cc1ccccc1. The van der Waals surface area contributed by atoms with Crippen molar-refractivity contribution in [3.63, 3.8) is 0 Å². The highest BCUT2D eigenvalue weighted by atomic mass is 35.5. The van der Waals surface area contributed by atoms with Crippen molar-refractivity contribution in [2.45, 2.75) is 13.1 Å². The Balaban J connectivity index is 1.46. The summed E-state index contributed by atoms with van der Waals surface area (Å²) in [5.74, 6) is 0.681. The number of H-pyrrole nitrogens is 1. The number of aromatic nitrogens is 4. The predicted molar refractivity (Wildman–Crippen MR) is 135 cm³/mol. The first-order valence-electron chi connectivity index (χ1n) is 11.1. The van der Waals surface area contributed by atoms with Gasteiger partial charge in [0.2, 0.25) is 5.95 Å². The number of hydrogen-bond acceptors (Lipinski definition) is 5. The Bertz CT molecular complexity index is 1430. The van der Waals surface area contributed by atoms with E-state index < -0.39 is 11.2 Å². The lowest BCUT2D eigenvalue weighted by Crippen LogP contribution is -2.47. The number of hydrogen-bond donors (Lipinski definition) is 1. The summed E-state index contributed by atoms with van der Waals surface area (Å²) in [7, 11) is 1.62. The Morgan fingerprint density at radius 2 is 1.59 bits per heavy atom. The maximum absolute atomic E-state index is 12.8. The topological polar surface area (TPSA) is 79.2 Å². The molecule has 0 atom stereocenters. The second-order valence-electron chi connectivity index (χ2n) is 8.44. The number of anilines is 1. The van der Waals surface area contributed by atoms with E-state index >= 15 is 0 Å². The monoisotopic (exact) mass is 498 g/mol. The molecule has 2 aromatic carbocycles. The van der Waals surface area contributed by atoms with Gasteiger partial charge in [-0.05, 0) is 17.7 Å². The molecule has 5 rings (SSSR count). The second-order valence-corrected chi connectivity index (χ2v) is 9.25. The molecule has 0 unspecified atom stereocenters. The number of halogens is 2. The minimum absolute atomic E-state index is 0.380. The summed E-state index contributed by atoms with van der Waals surface area (Å²) in [6, 6.07) is 15.5. The van der Waals surface area contributed by atoms with Crippen molar-refractivity contribution < 1.29 is 0 Å². The number of fused-ring (bicyclic) bond motifs is 1. The molecule has 0 spiro atoms. The third-order valence-electron chi connectivity index (χ3n) is 6.27. The number of aromatic amines is 1. The minimum atomic E-state index is -0.477. The van der Waals surface area contributed by atoms with E-state index in [0.29, 0.717) is 53.3 Å². The molecule has 0 amide bonds. The number of benzene rings is 2. The van der Waals surface area contributed by atoms with Gasteiger partial charge in [-0.1, -0.05) is 59.6 Å². The zero-order chi connectivity index (χ0) is 23.8. The van der Waals surface area contributed by atoms with Gasteiger partial charge < -0.3 is 4.90 Å². The largest absolute Gasteiger partial charge is 0.340 e. The molecule has 1 N–H and O–H groups in total. The molecule has 1 aliphatic rings. The van der Waals surface area contributed by atoms with Crippen LogP contribution in [0.15, 0.2) is 58.1 Å². The van der Waals surface area contributed by atoms with Crippen LogP contribution in [0.3, 0.4) is 0 Å². The van der Waals surface area contributed by atoms with Crippen LogP contribution in [0.5, 0.6) is 0 Å². The summed E-state index contributed by atoms with van der Waals surface area (Å²) in [6.07, 6.45) is 0. The molecule has 1 fully saturated rings. The summed E-state index contributed by atoms with van der Waals surface area (Å²) in [5.41, 5.74) is 1.84. The van der Waals surface area contributed by atoms with E-state index in [1.165, 1.54) is 4.57 Å². The highest BCUT2D eigenvalue weighted by Gasteiger charge is 2.25. The lowest BCUT2D eigenvalue weighted by molar-refractivity contribution is 0.248. The summed E-state index contributed by atoms with van der Waals surface area (Å²) in [5, 5.41) is 1.33. The van der Waals surface area contributed by atoms with Crippen molar-refractivity contribution in [3.05, 3.63) is 90.5 Å². The van der Waals surface area contributed by atoms with Crippen LogP contribution in [0, 0.1) is 0 Å². The van der Waals surface area contributed by atoms with E-state index in [1.54, 1.807) is 7.05 Å². The predicted octanol–water partition coefficient (Wildman–Crippen LogP) is 3.10. The molecule has 1 aliphatic heterocycles. The molecule has 4 aromatic rings. The highest BCUT2D eigenvalue weighted by Crippen LogP contribution is 2.27. The van der Waals surface area contributed by atoms with E-state index in [0.717, 1.165) is 24.2 Å². The van der Waals surface area contributed by atoms with Crippen molar-refractivity contribution in [3.8, 4) is 0 Å². The number of nitrogens with one attached hydrogen (secondary N) is 1. The van der Waals surface area contributed by atoms with Gasteiger partial charge in [0.05, 0.1) is 6.54 Å². The van der Waals surface area contributed by atoms with Crippen LogP contribution in [0.1, 0.15) is 11.1 Å². The second kappa shape index (κ2) is 9.29. The van der Waals surface area contributed by atoms with E-state index in [1.807, 2.05) is 53.1 Å². The van der Waals surface area contributed by atoms with Gasteiger partial charge in [0.15, 0.2) is 11.2 Å². The molecular weight excluding hydrogens is 475 g/mol. The summed E-state index contributed by atoms with van der Waals surface area (Å²) >= 11 is 12.7. The van der Waals surface area contributed by atoms with Gasteiger partial charge in [-0.15, -0.1) is 0 Å². The minimum Gasteiger partial charge on any atom is -0.340 e. The normalized spacial score (nSPS) is 14.7. The molecule has 34 heavy (non-hydrogen) atoms. The molecule has 10 heteroatoms. The zero-order valence-electron chi connectivity index (χ0n) is 18.7. The fourth-order valence-electron chi connectivity index (χ4n) is 4.39. The van der Waals surface area contributed by atoms with E-state index in [-0.39, 0.29) is 0 Å². The molecule has 1 saturated heterocycles. The summed E-state index contributed by atoms with van der Waals surface area (Å²) < 4.78 is 3.29. The quantitative estimate of drug-likeness (QED) is 0.457. The lowest BCUT2D eigenvalue weighted by Gasteiger charge is -2.35.